The van der Waals surface area contributed by atoms with Crippen LogP contribution in [0.5, 0.6) is 0 Å². The topological polar surface area (TPSA) is 64.6 Å². The third kappa shape index (κ3) is 8.45. The molecule has 0 saturated heterocycles. The molecule has 7 nitrogen and oxygen atoms in total. The van der Waals surface area contributed by atoms with Crippen molar-refractivity contribution in [2.45, 2.75) is 44.1 Å². The van der Waals surface area contributed by atoms with Crippen LogP contribution in [0.4, 0.5) is 4.39 Å². The normalized spacial score (nSPS) is 14.1. The van der Waals surface area contributed by atoms with Crippen molar-refractivity contribution < 1.29 is 35.7 Å². The van der Waals surface area contributed by atoms with Gasteiger partial charge in [0.05, 0.1) is 6.61 Å². The highest BCUT2D eigenvalue weighted by molar-refractivity contribution is 6.60. The van der Waals surface area contributed by atoms with Crippen molar-refractivity contribution in [3.63, 3.8) is 0 Å². The van der Waals surface area contributed by atoms with Crippen molar-refractivity contribution in [2.75, 3.05) is 49.3 Å². The first-order valence-corrected chi connectivity index (χ1v) is 11.9. The molecule has 1 unspecified atom stereocenters. The Kier molecular flexibility index (Phi) is 13.4. The zero-order valence-corrected chi connectivity index (χ0v) is 17.8. The highest BCUT2D eigenvalue weighted by atomic mass is 28.4. The molecule has 0 spiro atoms. The van der Waals surface area contributed by atoms with Crippen molar-refractivity contribution >= 4 is 17.6 Å². The number of ether oxygens (including phenoxy) is 1. The second kappa shape index (κ2) is 13.3. The van der Waals surface area contributed by atoms with Crippen molar-refractivity contribution in [1.82, 2.24) is 0 Å². The molecule has 0 aromatic heterocycles. The molecular formula is C14H33FO7Si2. The fraction of sp³-hybridized carbons (Fsp3) is 1.00. The first-order valence-electron chi connectivity index (χ1n) is 8.03. The minimum atomic E-state index is -2.59. The van der Waals surface area contributed by atoms with E-state index in [4.69, 9.17) is 31.3 Å². The molecule has 146 valence electrons. The quantitative estimate of drug-likeness (QED) is 0.297. The fourth-order valence-corrected chi connectivity index (χ4v) is 5.83. The molecule has 0 aliphatic rings. The van der Waals surface area contributed by atoms with Gasteiger partial charge in [-0.05, 0) is 19.3 Å². The van der Waals surface area contributed by atoms with Gasteiger partial charge >= 0.3 is 17.6 Å². The molecule has 0 rings (SSSR count). The van der Waals surface area contributed by atoms with E-state index in [1.54, 1.807) is 42.7 Å². The molecule has 0 fully saturated rings. The second-order valence-corrected chi connectivity index (χ2v) is 11.4. The van der Waals surface area contributed by atoms with Crippen LogP contribution in [-0.2, 0) is 31.3 Å². The predicted octanol–water partition coefficient (Wildman–Crippen LogP) is 2.62. The van der Waals surface area contributed by atoms with E-state index >= 15 is 0 Å². The van der Waals surface area contributed by atoms with Crippen LogP contribution in [0.2, 0.25) is 12.1 Å². The SMILES string of the molecule is CO[Si](CCCCC(F)OCCC[Si](OC)(OC)OC)(OC)OC. The zero-order chi connectivity index (χ0) is 18.5. The molecule has 0 aromatic rings. The lowest BCUT2D eigenvalue weighted by molar-refractivity contribution is -0.0453. The van der Waals surface area contributed by atoms with Gasteiger partial charge in [0.15, 0.2) is 6.36 Å². The summed E-state index contributed by atoms with van der Waals surface area (Å²) in [5, 5.41) is 0. The average Bonchev–Trinajstić information content (AvgIpc) is 2.63. The molecule has 0 aliphatic heterocycles. The summed E-state index contributed by atoms with van der Waals surface area (Å²) < 4.78 is 50.8. The molecule has 24 heavy (non-hydrogen) atoms. The van der Waals surface area contributed by atoms with Crippen LogP contribution in [0.3, 0.4) is 0 Å². The van der Waals surface area contributed by atoms with Crippen molar-refractivity contribution in [1.29, 1.82) is 0 Å². The van der Waals surface area contributed by atoms with Gasteiger partial charge in [0.25, 0.3) is 0 Å². The summed E-state index contributed by atoms with van der Waals surface area (Å²) in [6, 6.07) is 1.25. The zero-order valence-electron chi connectivity index (χ0n) is 15.8. The first kappa shape index (κ1) is 24.1. The average molecular weight is 389 g/mol. The predicted molar refractivity (Wildman–Crippen MR) is 92.5 cm³/mol. The Morgan fingerprint density at radius 3 is 1.50 bits per heavy atom. The summed E-state index contributed by atoms with van der Waals surface area (Å²) in [5.41, 5.74) is 0. The monoisotopic (exact) mass is 388 g/mol. The van der Waals surface area contributed by atoms with Gasteiger partial charge in [-0.25, -0.2) is 4.39 Å². The van der Waals surface area contributed by atoms with Crippen LogP contribution < -0.4 is 0 Å². The molecule has 0 heterocycles. The lowest BCUT2D eigenvalue weighted by Crippen LogP contribution is -2.42. The minimum absolute atomic E-state index is 0.304. The summed E-state index contributed by atoms with van der Waals surface area (Å²) in [6.45, 7) is 0.304. The highest BCUT2D eigenvalue weighted by Crippen LogP contribution is 2.19. The Balaban J connectivity index is 3.86. The Morgan fingerprint density at radius 1 is 0.667 bits per heavy atom. The van der Waals surface area contributed by atoms with E-state index in [1.165, 1.54) is 0 Å². The van der Waals surface area contributed by atoms with E-state index in [0.717, 1.165) is 6.42 Å². The van der Waals surface area contributed by atoms with Gasteiger partial charge in [-0.15, -0.1) is 0 Å². The van der Waals surface area contributed by atoms with Crippen LogP contribution in [0.25, 0.3) is 0 Å². The van der Waals surface area contributed by atoms with Gasteiger partial charge in [-0.3, -0.25) is 0 Å². The van der Waals surface area contributed by atoms with E-state index in [1.807, 2.05) is 0 Å². The molecule has 1 atom stereocenters. The molecule has 0 saturated carbocycles. The maximum Gasteiger partial charge on any atom is 0.500 e. The van der Waals surface area contributed by atoms with Crippen LogP contribution in [0.1, 0.15) is 25.7 Å². The van der Waals surface area contributed by atoms with Crippen molar-refractivity contribution in [3.05, 3.63) is 0 Å². The maximum absolute atomic E-state index is 13.7. The number of unbranched alkanes of at least 4 members (excludes halogenated alkanes) is 1. The fourth-order valence-electron chi connectivity index (χ4n) is 2.34. The maximum atomic E-state index is 13.7. The third-order valence-electron chi connectivity index (χ3n) is 3.96. The summed E-state index contributed by atoms with van der Waals surface area (Å²) in [5.74, 6) is 0. The van der Waals surface area contributed by atoms with E-state index < -0.39 is 24.0 Å². The van der Waals surface area contributed by atoms with Crippen molar-refractivity contribution in [3.8, 4) is 0 Å². The number of halogens is 1. The first-order chi connectivity index (χ1) is 11.5. The highest BCUT2D eigenvalue weighted by Gasteiger charge is 2.37. The van der Waals surface area contributed by atoms with Gasteiger partial charge in [-0.1, -0.05) is 0 Å². The summed E-state index contributed by atoms with van der Waals surface area (Å²) in [7, 11) is 4.24. The summed E-state index contributed by atoms with van der Waals surface area (Å²) in [6.07, 6.45) is 1.12. The lowest BCUT2D eigenvalue weighted by atomic mass is 10.2. The smallest absolute Gasteiger partial charge is 0.377 e. The number of hydrogen-bond acceptors (Lipinski definition) is 7. The van der Waals surface area contributed by atoms with Crippen LogP contribution in [0.15, 0.2) is 0 Å². The van der Waals surface area contributed by atoms with Crippen LogP contribution in [-0.4, -0.2) is 73.2 Å². The summed E-state index contributed by atoms with van der Waals surface area (Å²) in [4.78, 5) is 0. The van der Waals surface area contributed by atoms with E-state index in [2.05, 4.69) is 0 Å². The lowest BCUT2D eigenvalue weighted by Gasteiger charge is -2.24. The third-order valence-corrected chi connectivity index (χ3v) is 9.62. The van der Waals surface area contributed by atoms with E-state index in [9.17, 15) is 4.39 Å². The summed E-state index contributed by atoms with van der Waals surface area (Å²) >= 11 is 0. The molecule has 0 amide bonds. The number of hydrogen-bond donors (Lipinski definition) is 0. The second-order valence-electron chi connectivity index (χ2n) is 5.22. The van der Waals surface area contributed by atoms with Gasteiger partial charge in [0.2, 0.25) is 0 Å². The molecule has 10 heteroatoms. The molecule has 0 radical (unpaired) electrons. The largest absolute Gasteiger partial charge is 0.500 e. The molecular weight excluding hydrogens is 355 g/mol. The van der Waals surface area contributed by atoms with E-state index in [-0.39, 0.29) is 0 Å². The van der Waals surface area contributed by atoms with Crippen molar-refractivity contribution in [2.24, 2.45) is 0 Å². The van der Waals surface area contributed by atoms with Crippen LogP contribution in [0, 0.1) is 0 Å². The molecule has 0 aromatic carbocycles. The Bertz CT molecular complexity index is 260. The number of alkyl halides is 1. The number of rotatable bonds is 16. The molecule has 0 bridgehead atoms. The Labute approximate surface area is 147 Å². The van der Waals surface area contributed by atoms with E-state index in [0.29, 0.717) is 38.0 Å². The van der Waals surface area contributed by atoms with Crippen LogP contribution >= 0.6 is 0 Å². The van der Waals surface area contributed by atoms with Gasteiger partial charge in [0.1, 0.15) is 0 Å². The minimum Gasteiger partial charge on any atom is -0.377 e. The molecule has 0 aliphatic carbocycles. The van der Waals surface area contributed by atoms with Gasteiger partial charge < -0.3 is 31.3 Å². The molecule has 0 N–H and O–H groups in total. The van der Waals surface area contributed by atoms with Gasteiger partial charge in [-0.2, -0.15) is 0 Å². The van der Waals surface area contributed by atoms with Gasteiger partial charge in [0, 0.05) is 61.2 Å². The standard InChI is InChI=1S/C14H33FO7Si2/c1-16-23(17-2,18-3)12-8-7-10-14(15)22-11-9-13-24(19-4,20-5)21-6/h14H,7-13H2,1-6H3. The Morgan fingerprint density at radius 2 is 1.08 bits per heavy atom. The Hall–Kier alpha value is 0.0838.